The highest BCUT2D eigenvalue weighted by Gasteiger charge is 2.24. The third kappa shape index (κ3) is 5.09. The minimum atomic E-state index is -0.0801. The van der Waals surface area contributed by atoms with E-state index in [4.69, 9.17) is 27.9 Å². The van der Waals surface area contributed by atoms with Gasteiger partial charge in [0.1, 0.15) is 11.9 Å². The molecular formula is C21H24Cl2N2O3. The molecule has 0 saturated carbocycles. The van der Waals surface area contributed by atoms with E-state index in [9.17, 15) is 9.59 Å². The van der Waals surface area contributed by atoms with Crippen LogP contribution in [0.25, 0.3) is 0 Å². The lowest BCUT2D eigenvalue weighted by molar-refractivity contribution is -0.132. The highest BCUT2D eigenvalue weighted by Crippen LogP contribution is 2.23. The molecule has 0 spiro atoms. The molecule has 1 fully saturated rings. The Labute approximate surface area is 174 Å². The summed E-state index contributed by atoms with van der Waals surface area (Å²) in [6.45, 7) is 3.19. The van der Waals surface area contributed by atoms with Gasteiger partial charge in [-0.25, -0.2) is 0 Å². The lowest BCUT2D eigenvalue weighted by atomic mass is 10.1. The molecular weight excluding hydrogens is 399 g/mol. The Hall–Kier alpha value is -1.98. The van der Waals surface area contributed by atoms with E-state index >= 15 is 0 Å². The first-order valence-electron chi connectivity index (χ1n) is 9.39. The Balaban J connectivity index is 1.49. The van der Waals surface area contributed by atoms with Gasteiger partial charge in [-0.2, -0.15) is 0 Å². The number of halogens is 2. The molecule has 2 aromatic rings. The zero-order valence-corrected chi connectivity index (χ0v) is 17.6. The Morgan fingerprint density at radius 1 is 1.18 bits per heavy atom. The maximum atomic E-state index is 12.5. The van der Waals surface area contributed by atoms with Crippen molar-refractivity contribution in [3.63, 3.8) is 0 Å². The standard InChI is InChI=1S/C21H24Cl2N2O3/c1-14-11-18(13-21(27)24(14)2)28-17-7-9-25(10-8-17)20(26)6-4-15-3-5-16(22)12-19(15)23/h3,5,11-13,17H,4,6-10H2,1-2H3. The van der Waals surface area contributed by atoms with Crippen molar-refractivity contribution in [1.29, 1.82) is 0 Å². The number of amides is 1. The van der Waals surface area contributed by atoms with Gasteiger partial charge in [0.25, 0.3) is 5.56 Å². The second-order valence-electron chi connectivity index (χ2n) is 7.16. The molecule has 5 nitrogen and oxygen atoms in total. The third-order valence-electron chi connectivity index (χ3n) is 5.20. The number of carbonyl (C=O) groups excluding carboxylic acids is 1. The van der Waals surface area contributed by atoms with Crippen LogP contribution in [0.4, 0.5) is 0 Å². The topological polar surface area (TPSA) is 51.5 Å². The number of ether oxygens (including phenoxy) is 1. The number of rotatable bonds is 5. The average Bonchev–Trinajstić information content (AvgIpc) is 2.65. The lowest BCUT2D eigenvalue weighted by Crippen LogP contribution is -2.42. The maximum Gasteiger partial charge on any atom is 0.254 e. The van der Waals surface area contributed by atoms with Gasteiger partial charge in [-0.15, -0.1) is 0 Å². The largest absolute Gasteiger partial charge is 0.490 e. The summed E-state index contributed by atoms with van der Waals surface area (Å²) in [5.41, 5.74) is 1.71. The van der Waals surface area contributed by atoms with E-state index in [1.165, 1.54) is 6.07 Å². The van der Waals surface area contributed by atoms with Gasteiger partial charge in [0.05, 0.1) is 0 Å². The third-order valence-corrected chi connectivity index (χ3v) is 5.78. The molecule has 1 aliphatic heterocycles. The zero-order valence-electron chi connectivity index (χ0n) is 16.1. The van der Waals surface area contributed by atoms with Crippen LogP contribution in [0.1, 0.15) is 30.5 Å². The summed E-state index contributed by atoms with van der Waals surface area (Å²) in [6.07, 6.45) is 2.53. The van der Waals surface area contributed by atoms with Crippen LogP contribution in [0.3, 0.4) is 0 Å². The summed E-state index contributed by atoms with van der Waals surface area (Å²) in [6, 6.07) is 8.73. The molecule has 150 valence electrons. The molecule has 2 heterocycles. The second-order valence-corrected chi connectivity index (χ2v) is 8.01. The number of nitrogens with zero attached hydrogens (tertiary/aromatic N) is 2. The first-order valence-corrected chi connectivity index (χ1v) is 10.1. The van der Waals surface area contributed by atoms with E-state index in [0.717, 1.165) is 24.1 Å². The SMILES string of the molecule is Cc1cc(OC2CCN(C(=O)CCc3ccc(Cl)cc3Cl)CC2)cc(=O)n1C. The normalized spacial score (nSPS) is 14.9. The number of hydrogen-bond acceptors (Lipinski definition) is 3. The number of pyridine rings is 1. The van der Waals surface area contributed by atoms with E-state index in [2.05, 4.69) is 0 Å². The average molecular weight is 423 g/mol. The molecule has 1 aliphatic rings. The predicted molar refractivity (Wildman–Crippen MR) is 111 cm³/mol. The fourth-order valence-corrected chi connectivity index (χ4v) is 3.85. The van der Waals surface area contributed by atoms with Gasteiger partial charge < -0.3 is 14.2 Å². The van der Waals surface area contributed by atoms with E-state index in [-0.39, 0.29) is 17.6 Å². The number of likely N-dealkylation sites (tertiary alicyclic amines) is 1. The van der Waals surface area contributed by atoms with Crippen molar-refractivity contribution in [2.24, 2.45) is 7.05 Å². The Morgan fingerprint density at radius 3 is 2.54 bits per heavy atom. The van der Waals surface area contributed by atoms with Crippen molar-refractivity contribution in [2.75, 3.05) is 13.1 Å². The summed E-state index contributed by atoms with van der Waals surface area (Å²) < 4.78 is 7.56. The molecule has 1 aromatic heterocycles. The molecule has 0 unspecified atom stereocenters. The van der Waals surface area contributed by atoms with Crippen molar-refractivity contribution in [3.05, 3.63) is 62.0 Å². The quantitative estimate of drug-likeness (QED) is 0.731. The van der Waals surface area contributed by atoms with Crippen LogP contribution in [0.5, 0.6) is 5.75 Å². The molecule has 0 N–H and O–H groups in total. The minimum absolute atomic E-state index is 0.0151. The Morgan fingerprint density at radius 2 is 1.89 bits per heavy atom. The second kappa shape index (κ2) is 9.01. The van der Waals surface area contributed by atoms with E-state index in [0.29, 0.717) is 41.7 Å². The Kier molecular flexibility index (Phi) is 6.68. The molecule has 3 rings (SSSR count). The monoisotopic (exact) mass is 422 g/mol. The molecule has 0 aliphatic carbocycles. The van der Waals surface area contributed by atoms with Crippen LogP contribution in [0, 0.1) is 6.92 Å². The van der Waals surface area contributed by atoms with E-state index in [1.54, 1.807) is 23.7 Å². The maximum absolute atomic E-state index is 12.5. The van der Waals surface area contributed by atoms with Gasteiger partial charge in [0, 0.05) is 61.2 Å². The van der Waals surface area contributed by atoms with Crippen molar-refractivity contribution >= 4 is 29.1 Å². The molecule has 1 amide bonds. The van der Waals surface area contributed by atoms with Crippen LogP contribution in [0.2, 0.25) is 10.0 Å². The lowest BCUT2D eigenvalue weighted by Gasteiger charge is -2.32. The number of benzene rings is 1. The van der Waals surface area contributed by atoms with Gasteiger partial charge in [0.15, 0.2) is 0 Å². The fourth-order valence-electron chi connectivity index (χ4n) is 3.34. The fraction of sp³-hybridized carbons (Fsp3) is 0.429. The summed E-state index contributed by atoms with van der Waals surface area (Å²) in [5, 5.41) is 1.19. The number of aryl methyl sites for hydroxylation is 2. The summed E-state index contributed by atoms with van der Waals surface area (Å²) in [4.78, 5) is 26.3. The predicted octanol–water partition coefficient (Wildman–Crippen LogP) is 4.00. The Bertz CT molecular complexity index is 918. The van der Waals surface area contributed by atoms with Crippen LogP contribution < -0.4 is 10.3 Å². The molecule has 0 bridgehead atoms. The first kappa shape index (κ1) is 20.7. The first-order chi connectivity index (χ1) is 13.3. The van der Waals surface area contributed by atoms with Crippen molar-refractivity contribution in [2.45, 2.75) is 38.7 Å². The van der Waals surface area contributed by atoms with Crippen molar-refractivity contribution < 1.29 is 9.53 Å². The van der Waals surface area contributed by atoms with Gasteiger partial charge in [0.2, 0.25) is 5.91 Å². The number of piperidine rings is 1. The highest BCUT2D eigenvalue weighted by molar-refractivity contribution is 6.35. The number of aromatic nitrogens is 1. The number of hydrogen-bond donors (Lipinski definition) is 0. The smallest absolute Gasteiger partial charge is 0.254 e. The molecule has 1 saturated heterocycles. The van der Waals surface area contributed by atoms with Crippen LogP contribution in [0.15, 0.2) is 35.1 Å². The molecule has 28 heavy (non-hydrogen) atoms. The molecule has 1 aromatic carbocycles. The highest BCUT2D eigenvalue weighted by atomic mass is 35.5. The number of carbonyl (C=O) groups is 1. The van der Waals surface area contributed by atoms with Crippen molar-refractivity contribution in [3.8, 4) is 5.75 Å². The molecule has 7 heteroatoms. The van der Waals surface area contributed by atoms with E-state index in [1.807, 2.05) is 24.0 Å². The van der Waals surface area contributed by atoms with Gasteiger partial charge in [-0.05, 0) is 37.1 Å². The van der Waals surface area contributed by atoms with Crippen LogP contribution in [-0.2, 0) is 18.3 Å². The van der Waals surface area contributed by atoms with Crippen LogP contribution in [-0.4, -0.2) is 34.6 Å². The van der Waals surface area contributed by atoms with Crippen molar-refractivity contribution in [1.82, 2.24) is 9.47 Å². The minimum Gasteiger partial charge on any atom is -0.490 e. The summed E-state index contributed by atoms with van der Waals surface area (Å²) >= 11 is 12.1. The van der Waals surface area contributed by atoms with Gasteiger partial charge in [-0.3, -0.25) is 9.59 Å². The zero-order chi connectivity index (χ0) is 20.3. The van der Waals surface area contributed by atoms with Crippen LogP contribution >= 0.6 is 23.2 Å². The summed E-state index contributed by atoms with van der Waals surface area (Å²) in [7, 11) is 1.74. The molecule has 0 radical (unpaired) electrons. The van der Waals surface area contributed by atoms with Gasteiger partial charge in [-0.1, -0.05) is 29.3 Å². The van der Waals surface area contributed by atoms with Gasteiger partial charge >= 0.3 is 0 Å². The molecule has 0 atom stereocenters. The summed E-state index contributed by atoms with van der Waals surface area (Å²) in [5.74, 6) is 0.719. The van der Waals surface area contributed by atoms with E-state index < -0.39 is 0 Å².